The summed E-state index contributed by atoms with van der Waals surface area (Å²) >= 11 is 0. The number of nitrogens with zero attached hydrogens (tertiary/aromatic N) is 4. The first kappa shape index (κ1) is 23.0. The van der Waals surface area contributed by atoms with Crippen molar-refractivity contribution in [2.45, 2.75) is 6.54 Å². The van der Waals surface area contributed by atoms with Crippen molar-refractivity contribution in [1.29, 1.82) is 0 Å². The van der Waals surface area contributed by atoms with Gasteiger partial charge in [-0.25, -0.2) is 4.98 Å². The number of hydrogen-bond acceptors (Lipinski definition) is 8. The summed E-state index contributed by atoms with van der Waals surface area (Å²) in [4.78, 5) is 13.9. The lowest BCUT2D eigenvalue weighted by molar-refractivity contribution is 0.399. The molecular weight excluding hydrogens is 456 g/mol. The van der Waals surface area contributed by atoms with Gasteiger partial charge in [0.1, 0.15) is 23.0 Å². The van der Waals surface area contributed by atoms with Gasteiger partial charge in [0, 0.05) is 12.1 Å². The number of nitrogens with two attached hydrogens (primary N) is 1. The molecule has 0 fully saturated rings. The maximum absolute atomic E-state index is 6.13. The molecule has 0 aliphatic heterocycles. The Morgan fingerprint density at radius 2 is 1.44 bits per heavy atom. The number of imidazole rings is 1. The van der Waals surface area contributed by atoms with Crippen LogP contribution in [-0.2, 0) is 6.54 Å². The number of fused-ring (bicyclic) bond motifs is 1. The summed E-state index contributed by atoms with van der Waals surface area (Å²) in [6, 6.07) is 23.4. The normalized spacial score (nSPS) is 10.9. The Morgan fingerprint density at radius 1 is 0.778 bits per heavy atom. The van der Waals surface area contributed by atoms with Crippen molar-refractivity contribution in [1.82, 2.24) is 19.5 Å². The fraction of sp³-hybridized carbons (Fsp3) is 0.148. The quantitative estimate of drug-likeness (QED) is 0.327. The van der Waals surface area contributed by atoms with Crippen LogP contribution in [-0.4, -0.2) is 40.8 Å². The number of rotatable bonds is 8. The summed E-state index contributed by atoms with van der Waals surface area (Å²) in [6.45, 7) is 0.505. The molecule has 0 atom stereocenters. The molecule has 5 rings (SSSR count). The van der Waals surface area contributed by atoms with Gasteiger partial charge in [-0.15, -0.1) is 0 Å². The second-order valence-electron chi connectivity index (χ2n) is 7.98. The first-order chi connectivity index (χ1) is 17.6. The predicted molar refractivity (Wildman–Crippen MR) is 140 cm³/mol. The lowest BCUT2D eigenvalue weighted by atomic mass is 10.2. The van der Waals surface area contributed by atoms with Crippen LogP contribution in [0.3, 0.4) is 0 Å². The van der Waals surface area contributed by atoms with Gasteiger partial charge in [-0.1, -0.05) is 24.3 Å². The van der Waals surface area contributed by atoms with E-state index in [4.69, 9.17) is 24.9 Å². The number of nitrogens with one attached hydrogen (secondary N) is 1. The van der Waals surface area contributed by atoms with Gasteiger partial charge >= 0.3 is 0 Å². The van der Waals surface area contributed by atoms with Gasteiger partial charge in [0.15, 0.2) is 5.82 Å². The third kappa shape index (κ3) is 4.34. The van der Waals surface area contributed by atoms with Crippen LogP contribution in [0.1, 0.15) is 5.56 Å². The Labute approximate surface area is 208 Å². The molecule has 0 saturated heterocycles. The molecule has 36 heavy (non-hydrogen) atoms. The Balaban J connectivity index is 1.66. The first-order valence-corrected chi connectivity index (χ1v) is 11.3. The molecule has 2 heterocycles. The van der Waals surface area contributed by atoms with E-state index in [0.29, 0.717) is 29.8 Å². The summed E-state index contributed by atoms with van der Waals surface area (Å²) in [5.41, 5.74) is 10.4. The number of aromatic nitrogens is 4. The molecule has 3 N–H and O–H groups in total. The molecule has 0 amide bonds. The van der Waals surface area contributed by atoms with Crippen LogP contribution in [0.15, 0.2) is 72.8 Å². The number of para-hydroxylation sites is 2. The van der Waals surface area contributed by atoms with Crippen LogP contribution in [0, 0.1) is 0 Å². The maximum Gasteiger partial charge on any atom is 0.244 e. The molecule has 0 saturated carbocycles. The van der Waals surface area contributed by atoms with E-state index in [2.05, 4.69) is 15.3 Å². The lowest BCUT2D eigenvalue weighted by Crippen LogP contribution is -2.12. The molecule has 0 aliphatic carbocycles. The molecule has 0 bridgehead atoms. The molecule has 0 radical (unpaired) electrons. The average Bonchev–Trinajstić information content (AvgIpc) is 3.31. The number of methoxy groups -OCH3 is 3. The highest BCUT2D eigenvalue weighted by Gasteiger charge is 2.22. The third-order valence-electron chi connectivity index (χ3n) is 5.82. The Kier molecular flexibility index (Phi) is 6.27. The average molecular weight is 483 g/mol. The molecule has 9 heteroatoms. The molecule has 3 aromatic carbocycles. The van der Waals surface area contributed by atoms with Gasteiger partial charge in [0.25, 0.3) is 0 Å². The predicted octanol–water partition coefficient (Wildman–Crippen LogP) is 4.70. The van der Waals surface area contributed by atoms with Crippen molar-refractivity contribution in [3.63, 3.8) is 0 Å². The van der Waals surface area contributed by atoms with Crippen molar-refractivity contribution in [3.05, 3.63) is 78.4 Å². The molecular formula is C27H26N6O3. The summed E-state index contributed by atoms with van der Waals surface area (Å²) in [5.74, 6) is 3.22. The Bertz CT molecular complexity index is 1500. The third-order valence-corrected chi connectivity index (χ3v) is 5.82. The first-order valence-electron chi connectivity index (χ1n) is 11.3. The smallest absolute Gasteiger partial charge is 0.244 e. The zero-order valence-electron chi connectivity index (χ0n) is 20.2. The Morgan fingerprint density at radius 3 is 2.11 bits per heavy atom. The molecule has 9 nitrogen and oxygen atoms in total. The molecule has 0 aliphatic rings. The van der Waals surface area contributed by atoms with Crippen LogP contribution in [0.25, 0.3) is 28.2 Å². The summed E-state index contributed by atoms with van der Waals surface area (Å²) in [7, 11) is 4.84. The van der Waals surface area contributed by atoms with E-state index in [1.165, 1.54) is 0 Å². The summed E-state index contributed by atoms with van der Waals surface area (Å²) in [6.07, 6.45) is 0. The zero-order valence-corrected chi connectivity index (χ0v) is 20.2. The van der Waals surface area contributed by atoms with E-state index in [-0.39, 0.29) is 5.95 Å². The van der Waals surface area contributed by atoms with Crippen molar-refractivity contribution in [2.24, 2.45) is 0 Å². The minimum atomic E-state index is 0.0929. The summed E-state index contributed by atoms with van der Waals surface area (Å²) in [5, 5.41) is 3.45. The van der Waals surface area contributed by atoms with Gasteiger partial charge < -0.3 is 25.3 Å². The Hall–Kier alpha value is -4.79. The van der Waals surface area contributed by atoms with Crippen molar-refractivity contribution >= 4 is 22.7 Å². The van der Waals surface area contributed by atoms with Crippen molar-refractivity contribution in [2.75, 3.05) is 32.4 Å². The maximum atomic E-state index is 6.13. The van der Waals surface area contributed by atoms with Crippen molar-refractivity contribution < 1.29 is 14.2 Å². The summed E-state index contributed by atoms with van der Waals surface area (Å²) < 4.78 is 18.2. The fourth-order valence-electron chi connectivity index (χ4n) is 4.02. The monoisotopic (exact) mass is 482 g/mol. The van der Waals surface area contributed by atoms with Gasteiger partial charge in [0.2, 0.25) is 11.8 Å². The van der Waals surface area contributed by atoms with Crippen LogP contribution in [0.5, 0.6) is 17.4 Å². The number of hydrogen-bond donors (Lipinski definition) is 2. The molecule has 5 aromatic rings. The number of ether oxygens (including phenoxy) is 3. The van der Waals surface area contributed by atoms with Crippen LogP contribution < -0.4 is 25.3 Å². The highest BCUT2D eigenvalue weighted by Crippen LogP contribution is 2.36. The highest BCUT2D eigenvalue weighted by molar-refractivity contribution is 5.85. The van der Waals surface area contributed by atoms with E-state index in [1.54, 1.807) is 21.3 Å². The molecule has 182 valence electrons. The molecule has 0 spiro atoms. The molecule has 2 aromatic heterocycles. The zero-order chi connectivity index (χ0) is 25.1. The van der Waals surface area contributed by atoms with Gasteiger partial charge in [-0.2, -0.15) is 9.97 Å². The largest absolute Gasteiger partial charge is 0.497 e. The van der Waals surface area contributed by atoms with Crippen LogP contribution in [0.4, 0.5) is 11.6 Å². The van der Waals surface area contributed by atoms with Gasteiger partial charge in [-0.3, -0.25) is 4.57 Å². The topological polar surface area (TPSA) is 109 Å². The number of nitrogen functional groups attached to an aromatic ring is 1. The van der Waals surface area contributed by atoms with E-state index in [9.17, 15) is 0 Å². The lowest BCUT2D eigenvalue weighted by Gasteiger charge is -2.17. The van der Waals surface area contributed by atoms with Gasteiger partial charge in [0.05, 0.1) is 32.4 Å². The van der Waals surface area contributed by atoms with E-state index < -0.39 is 0 Å². The van der Waals surface area contributed by atoms with E-state index >= 15 is 0 Å². The second kappa shape index (κ2) is 9.83. The number of benzene rings is 3. The van der Waals surface area contributed by atoms with E-state index in [0.717, 1.165) is 33.7 Å². The number of anilines is 2. The van der Waals surface area contributed by atoms with Crippen molar-refractivity contribution in [3.8, 4) is 34.6 Å². The standard InChI is InChI=1S/C27H26N6O3/c1-34-19-12-8-17(9-13-19)16-29-23-25(31-27(28)32-26(23)36-3)33-22-7-5-4-6-21(22)30-24(33)18-10-14-20(35-2)15-11-18/h4-15,29H,16H2,1-3H3,(H2,28,31,32). The second-order valence-corrected chi connectivity index (χ2v) is 7.98. The minimum Gasteiger partial charge on any atom is -0.497 e. The molecule has 0 unspecified atom stereocenters. The van der Waals surface area contributed by atoms with Crippen LogP contribution in [0.2, 0.25) is 0 Å². The van der Waals surface area contributed by atoms with Crippen LogP contribution >= 0.6 is 0 Å². The minimum absolute atomic E-state index is 0.0929. The fourth-order valence-corrected chi connectivity index (χ4v) is 4.02. The SMILES string of the molecule is COc1ccc(CNc2c(OC)nc(N)nc2-n2c(-c3ccc(OC)cc3)nc3ccccc32)cc1. The highest BCUT2D eigenvalue weighted by atomic mass is 16.5. The van der Waals surface area contributed by atoms with E-state index in [1.807, 2.05) is 77.4 Å². The van der Waals surface area contributed by atoms with Gasteiger partial charge in [-0.05, 0) is 54.1 Å².